The fourth-order valence-electron chi connectivity index (χ4n) is 4.41. The lowest BCUT2D eigenvalue weighted by molar-refractivity contribution is 0.0714. The Morgan fingerprint density at radius 1 is 0.939 bits per heavy atom. The summed E-state index contributed by atoms with van der Waals surface area (Å²) in [5, 5.41) is 10.1. The zero-order valence-corrected chi connectivity index (χ0v) is 18.2. The quantitative estimate of drug-likeness (QED) is 0.426. The number of carbonyl (C=O) groups is 1. The van der Waals surface area contributed by atoms with Crippen LogP contribution in [0.15, 0.2) is 71.3 Å². The van der Waals surface area contributed by atoms with Gasteiger partial charge in [0.1, 0.15) is 0 Å². The molecule has 1 aliphatic heterocycles. The van der Waals surface area contributed by atoms with E-state index in [2.05, 4.69) is 34.2 Å². The Hall–Kier alpha value is -4.20. The minimum absolute atomic E-state index is 0.0824. The number of hydrogen-bond acceptors (Lipinski definition) is 6. The number of anilines is 1. The number of aromatic nitrogens is 4. The normalized spacial score (nSPS) is 14.3. The van der Waals surface area contributed by atoms with Crippen LogP contribution in [0.5, 0.6) is 0 Å². The highest BCUT2D eigenvalue weighted by molar-refractivity contribution is 5.94. The van der Waals surface area contributed by atoms with E-state index in [1.807, 2.05) is 45.7 Å². The summed E-state index contributed by atoms with van der Waals surface area (Å²) in [5.74, 6) is 1.84. The van der Waals surface area contributed by atoms with E-state index in [1.54, 1.807) is 12.1 Å². The van der Waals surface area contributed by atoms with Crippen molar-refractivity contribution in [3.05, 3.63) is 78.3 Å². The van der Waals surface area contributed by atoms with Crippen molar-refractivity contribution in [2.75, 3.05) is 31.1 Å². The van der Waals surface area contributed by atoms with Gasteiger partial charge < -0.3 is 14.2 Å². The first-order valence-corrected chi connectivity index (χ1v) is 11.0. The Morgan fingerprint density at radius 3 is 2.58 bits per heavy atom. The van der Waals surface area contributed by atoms with E-state index in [1.165, 1.54) is 6.26 Å². The molecule has 0 aliphatic carbocycles. The molecular formula is C25H22N6O2. The van der Waals surface area contributed by atoms with Crippen LogP contribution in [0.1, 0.15) is 16.1 Å². The van der Waals surface area contributed by atoms with Gasteiger partial charge in [-0.25, -0.2) is 9.38 Å². The van der Waals surface area contributed by atoms with E-state index in [0.29, 0.717) is 31.9 Å². The maximum atomic E-state index is 12.7. The first-order chi connectivity index (χ1) is 16.2. The van der Waals surface area contributed by atoms with Gasteiger partial charge in [-0.05, 0) is 37.3 Å². The van der Waals surface area contributed by atoms with Crippen molar-refractivity contribution in [3.8, 4) is 11.4 Å². The third-order valence-corrected chi connectivity index (χ3v) is 6.09. The molecule has 3 aromatic heterocycles. The third-order valence-electron chi connectivity index (χ3n) is 6.09. The topological polar surface area (TPSA) is 79.8 Å². The summed E-state index contributed by atoms with van der Waals surface area (Å²) in [6.07, 6.45) is 1.53. The molecule has 0 saturated carbocycles. The van der Waals surface area contributed by atoms with Gasteiger partial charge in [0, 0.05) is 37.1 Å². The van der Waals surface area contributed by atoms with Gasteiger partial charge in [0.05, 0.1) is 11.8 Å². The van der Waals surface area contributed by atoms with E-state index in [4.69, 9.17) is 9.40 Å². The summed E-state index contributed by atoms with van der Waals surface area (Å²) < 4.78 is 7.33. The minimum atomic E-state index is -0.0824. The standard InChI is InChI=1S/C25H22N6O2/c1-17-6-4-7-18(16-17)22-27-28-23-19-8-2-3-9-20(19)26-25(31(22)23)30-13-11-29(12-14-30)24(32)21-10-5-15-33-21/h2-10,15-16H,11-14H2,1H3. The van der Waals surface area contributed by atoms with Gasteiger partial charge in [0.2, 0.25) is 5.95 Å². The number of amides is 1. The maximum absolute atomic E-state index is 12.7. The molecule has 0 N–H and O–H groups in total. The molecule has 164 valence electrons. The van der Waals surface area contributed by atoms with Gasteiger partial charge in [-0.15, -0.1) is 10.2 Å². The van der Waals surface area contributed by atoms with Crippen molar-refractivity contribution in [2.24, 2.45) is 0 Å². The summed E-state index contributed by atoms with van der Waals surface area (Å²) in [4.78, 5) is 21.7. The Kier molecular flexibility index (Phi) is 4.57. The van der Waals surface area contributed by atoms with Crippen LogP contribution in [0.25, 0.3) is 27.9 Å². The molecule has 0 spiro atoms. The van der Waals surface area contributed by atoms with Crippen molar-refractivity contribution in [1.82, 2.24) is 24.5 Å². The molecule has 2 aromatic carbocycles. The summed E-state index contributed by atoms with van der Waals surface area (Å²) in [6.45, 7) is 4.53. The summed E-state index contributed by atoms with van der Waals surface area (Å²) in [6, 6.07) is 19.7. The van der Waals surface area contributed by atoms with E-state index < -0.39 is 0 Å². The zero-order valence-electron chi connectivity index (χ0n) is 18.2. The molecule has 33 heavy (non-hydrogen) atoms. The van der Waals surface area contributed by atoms with Crippen LogP contribution in [-0.2, 0) is 0 Å². The molecule has 0 radical (unpaired) electrons. The molecule has 1 fully saturated rings. The van der Waals surface area contributed by atoms with Crippen molar-refractivity contribution in [2.45, 2.75) is 6.92 Å². The highest BCUT2D eigenvalue weighted by Crippen LogP contribution is 2.29. The van der Waals surface area contributed by atoms with Crippen molar-refractivity contribution < 1.29 is 9.21 Å². The number of fused-ring (bicyclic) bond motifs is 3. The lowest BCUT2D eigenvalue weighted by Crippen LogP contribution is -2.49. The van der Waals surface area contributed by atoms with Crippen LogP contribution in [0.4, 0.5) is 5.95 Å². The second-order valence-electron chi connectivity index (χ2n) is 8.24. The minimum Gasteiger partial charge on any atom is -0.459 e. The zero-order chi connectivity index (χ0) is 22.4. The summed E-state index contributed by atoms with van der Waals surface area (Å²) in [7, 11) is 0. The lowest BCUT2D eigenvalue weighted by atomic mass is 10.1. The van der Waals surface area contributed by atoms with Gasteiger partial charge in [0.15, 0.2) is 17.2 Å². The van der Waals surface area contributed by atoms with E-state index >= 15 is 0 Å². The van der Waals surface area contributed by atoms with Crippen LogP contribution < -0.4 is 4.90 Å². The molecule has 8 heteroatoms. The SMILES string of the molecule is Cc1cccc(-c2nnc3c4ccccc4nc(N4CCN(C(=O)c5ccco5)CC4)n23)c1. The predicted molar refractivity (Wildman–Crippen MR) is 125 cm³/mol. The van der Waals surface area contributed by atoms with Crippen LogP contribution in [0.2, 0.25) is 0 Å². The summed E-state index contributed by atoms with van der Waals surface area (Å²) in [5.41, 5.74) is 3.80. The van der Waals surface area contributed by atoms with Crippen LogP contribution in [-0.4, -0.2) is 56.6 Å². The Bertz CT molecular complexity index is 1470. The van der Waals surface area contributed by atoms with Crippen LogP contribution in [0, 0.1) is 6.92 Å². The van der Waals surface area contributed by atoms with Crippen LogP contribution in [0.3, 0.4) is 0 Å². The molecule has 5 aromatic rings. The maximum Gasteiger partial charge on any atom is 0.289 e. The van der Waals surface area contributed by atoms with Gasteiger partial charge >= 0.3 is 0 Å². The molecule has 8 nitrogen and oxygen atoms in total. The van der Waals surface area contributed by atoms with Crippen molar-refractivity contribution >= 4 is 28.4 Å². The molecule has 1 saturated heterocycles. The fourth-order valence-corrected chi connectivity index (χ4v) is 4.41. The molecule has 0 bridgehead atoms. The second-order valence-corrected chi connectivity index (χ2v) is 8.24. The molecule has 1 amide bonds. The highest BCUT2D eigenvalue weighted by atomic mass is 16.3. The Balaban J connectivity index is 1.42. The van der Waals surface area contributed by atoms with Crippen LogP contribution >= 0.6 is 0 Å². The fraction of sp³-hybridized carbons (Fsp3) is 0.200. The Labute approximate surface area is 190 Å². The number of benzene rings is 2. The number of nitrogens with zero attached hydrogens (tertiary/aromatic N) is 6. The summed E-state index contributed by atoms with van der Waals surface area (Å²) >= 11 is 0. The predicted octanol–water partition coefficient (Wildman–Crippen LogP) is 3.81. The third kappa shape index (κ3) is 3.31. The largest absolute Gasteiger partial charge is 0.459 e. The van der Waals surface area contributed by atoms with Gasteiger partial charge in [-0.3, -0.25) is 4.79 Å². The van der Waals surface area contributed by atoms with Gasteiger partial charge in [-0.2, -0.15) is 0 Å². The average molecular weight is 438 g/mol. The number of aryl methyl sites for hydroxylation is 1. The first-order valence-electron chi connectivity index (χ1n) is 11.0. The van der Waals surface area contributed by atoms with Crippen molar-refractivity contribution in [3.63, 3.8) is 0 Å². The number of para-hydroxylation sites is 1. The monoisotopic (exact) mass is 438 g/mol. The molecule has 1 aliphatic rings. The number of piperazine rings is 1. The van der Waals surface area contributed by atoms with E-state index in [0.717, 1.165) is 39.4 Å². The number of hydrogen-bond donors (Lipinski definition) is 0. The van der Waals surface area contributed by atoms with Gasteiger partial charge in [0.25, 0.3) is 5.91 Å². The molecular weight excluding hydrogens is 416 g/mol. The lowest BCUT2D eigenvalue weighted by Gasteiger charge is -2.35. The Morgan fingerprint density at radius 2 is 1.79 bits per heavy atom. The van der Waals surface area contributed by atoms with Crippen molar-refractivity contribution in [1.29, 1.82) is 0 Å². The molecule has 0 atom stereocenters. The number of carbonyl (C=O) groups excluding carboxylic acids is 1. The van der Waals surface area contributed by atoms with E-state index in [9.17, 15) is 4.79 Å². The number of furan rings is 1. The average Bonchev–Trinajstić information content (AvgIpc) is 3.54. The molecule has 0 unspecified atom stereocenters. The highest BCUT2D eigenvalue weighted by Gasteiger charge is 2.27. The second kappa shape index (κ2) is 7.74. The van der Waals surface area contributed by atoms with Gasteiger partial charge in [-0.1, -0.05) is 35.9 Å². The smallest absolute Gasteiger partial charge is 0.289 e. The first kappa shape index (κ1) is 19.5. The number of rotatable bonds is 3. The van der Waals surface area contributed by atoms with E-state index in [-0.39, 0.29) is 5.91 Å². The molecule has 6 rings (SSSR count). The molecule has 4 heterocycles.